The minimum absolute atomic E-state index is 0.0257. The Labute approximate surface area is 135 Å². The van der Waals surface area contributed by atoms with Crippen molar-refractivity contribution in [3.8, 4) is 0 Å². The maximum absolute atomic E-state index is 12.3. The summed E-state index contributed by atoms with van der Waals surface area (Å²) in [5.41, 5.74) is 0.402. The number of rotatable bonds is 4. The van der Waals surface area contributed by atoms with Gasteiger partial charge >= 0.3 is 0 Å². The molecule has 22 heavy (non-hydrogen) atoms. The number of aliphatic hydroxyl groups is 1. The van der Waals surface area contributed by atoms with E-state index in [1.807, 2.05) is 13.8 Å². The van der Waals surface area contributed by atoms with E-state index in [1.54, 1.807) is 11.3 Å². The molecule has 1 saturated heterocycles. The normalized spacial score (nSPS) is 22.6. The zero-order valence-electron chi connectivity index (χ0n) is 13.4. The van der Waals surface area contributed by atoms with Crippen LogP contribution in [0.5, 0.6) is 0 Å². The van der Waals surface area contributed by atoms with Crippen LogP contribution in [0, 0.1) is 0 Å². The molecule has 0 radical (unpaired) electrons. The number of likely N-dealkylation sites (tertiary alicyclic amines) is 1. The Morgan fingerprint density at radius 1 is 1.41 bits per heavy atom. The van der Waals surface area contributed by atoms with Crippen LogP contribution in [-0.2, 0) is 17.6 Å². The Balaban J connectivity index is 1.59. The lowest BCUT2D eigenvalue weighted by atomic mass is 9.97. The highest BCUT2D eigenvalue weighted by Gasteiger charge is 2.36. The van der Waals surface area contributed by atoms with Crippen LogP contribution in [-0.4, -0.2) is 45.6 Å². The second-order valence-corrected chi connectivity index (χ2v) is 8.01. The van der Waals surface area contributed by atoms with Gasteiger partial charge in [0.25, 0.3) is 0 Å². The van der Waals surface area contributed by atoms with Gasteiger partial charge in [-0.15, -0.1) is 11.3 Å². The molecule has 1 amide bonds. The smallest absolute Gasteiger partial charge is 0.240 e. The lowest BCUT2D eigenvalue weighted by molar-refractivity contribution is -0.118. The zero-order valence-corrected chi connectivity index (χ0v) is 14.2. The molecule has 122 valence electrons. The number of nitrogens with one attached hydrogen (secondary N) is 1. The van der Waals surface area contributed by atoms with E-state index in [9.17, 15) is 9.90 Å². The molecule has 5 nitrogen and oxygen atoms in total. The van der Waals surface area contributed by atoms with Crippen molar-refractivity contribution in [2.75, 3.05) is 18.4 Å². The number of anilines is 1. The highest BCUT2D eigenvalue weighted by atomic mass is 32.1. The van der Waals surface area contributed by atoms with Crippen LogP contribution in [0.3, 0.4) is 0 Å². The molecule has 3 rings (SSSR count). The van der Waals surface area contributed by atoms with Gasteiger partial charge in [-0.3, -0.25) is 9.69 Å². The number of hydrogen-bond donors (Lipinski definition) is 2. The molecule has 1 aromatic rings. The summed E-state index contributed by atoms with van der Waals surface area (Å²) in [5, 5.41) is 13.9. The maximum atomic E-state index is 12.3. The highest BCUT2D eigenvalue weighted by Crippen LogP contribution is 2.30. The summed E-state index contributed by atoms with van der Waals surface area (Å²) >= 11 is 1.62. The van der Waals surface area contributed by atoms with E-state index in [0.717, 1.165) is 37.4 Å². The number of carbonyl (C=O) groups is 1. The molecule has 1 fully saturated rings. The first-order chi connectivity index (χ1) is 10.4. The molecule has 6 heteroatoms. The molecule has 1 aliphatic heterocycles. The fraction of sp³-hybridized carbons (Fsp3) is 0.750. The third-order valence-electron chi connectivity index (χ3n) is 4.62. The number of nitrogens with zero attached hydrogens (tertiary/aromatic N) is 2. The van der Waals surface area contributed by atoms with E-state index in [1.165, 1.54) is 23.4 Å². The number of thiazole rings is 1. The van der Waals surface area contributed by atoms with E-state index in [0.29, 0.717) is 6.54 Å². The van der Waals surface area contributed by atoms with Crippen molar-refractivity contribution in [1.29, 1.82) is 0 Å². The number of fused-ring (bicyclic) bond motifs is 1. The van der Waals surface area contributed by atoms with Gasteiger partial charge in [-0.25, -0.2) is 4.98 Å². The summed E-state index contributed by atoms with van der Waals surface area (Å²) in [6.45, 7) is 4.85. The van der Waals surface area contributed by atoms with E-state index < -0.39 is 5.60 Å². The van der Waals surface area contributed by atoms with Gasteiger partial charge in [0.2, 0.25) is 5.91 Å². The lowest BCUT2D eigenvalue weighted by Gasteiger charge is -2.33. The second kappa shape index (κ2) is 6.26. The first-order valence-electron chi connectivity index (χ1n) is 8.18. The third-order valence-corrected chi connectivity index (χ3v) is 5.69. The Morgan fingerprint density at radius 2 is 2.18 bits per heavy atom. The van der Waals surface area contributed by atoms with Crippen molar-refractivity contribution in [1.82, 2.24) is 9.88 Å². The summed E-state index contributed by atoms with van der Waals surface area (Å²) in [6.07, 6.45) is 6.54. The Hall–Kier alpha value is -0.980. The Kier molecular flexibility index (Phi) is 4.52. The first-order valence-corrected chi connectivity index (χ1v) is 9.00. The standard InChI is InChI=1S/C16H25N3O2S/c1-16(2,21)13-8-5-9-19(13)10-14(20)18-15-17-11-6-3-4-7-12(11)22-15/h13,21H,3-10H2,1-2H3,(H,17,18,20). The van der Waals surface area contributed by atoms with Crippen LogP contribution in [0.2, 0.25) is 0 Å². The summed E-state index contributed by atoms with van der Waals surface area (Å²) in [4.78, 5) is 20.3. The molecule has 1 aliphatic carbocycles. The van der Waals surface area contributed by atoms with Crippen LogP contribution in [0.4, 0.5) is 5.13 Å². The third kappa shape index (κ3) is 3.50. The van der Waals surface area contributed by atoms with E-state index >= 15 is 0 Å². The zero-order chi connectivity index (χ0) is 15.7. The summed E-state index contributed by atoms with van der Waals surface area (Å²) in [5.74, 6) is -0.0257. The molecule has 0 bridgehead atoms. The van der Waals surface area contributed by atoms with E-state index in [-0.39, 0.29) is 11.9 Å². The van der Waals surface area contributed by atoms with Crippen molar-refractivity contribution in [2.45, 2.75) is 64.0 Å². The number of hydrogen-bond acceptors (Lipinski definition) is 5. The van der Waals surface area contributed by atoms with Gasteiger partial charge in [0.15, 0.2) is 5.13 Å². The number of aryl methyl sites for hydroxylation is 2. The predicted octanol–water partition coefficient (Wildman–Crippen LogP) is 2.20. The Bertz CT molecular complexity index is 527. The molecular weight excluding hydrogens is 298 g/mol. The van der Waals surface area contributed by atoms with Gasteiger partial charge in [-0.05, 0) is 58.9 Å². The molecule has 0 spiro atoms. The monoisotopic (exact) mass is 323 g/mol. The lowest BCUT2D eigenvalue weighted by Crippen LogP contribution is -2.48. The molecule has 2 aliphatic rings. The van der Waals surface area contributed by atoms with Crippen LogP contribution in [0.1, 0.15) is 50.1 Å². The number of amides is 1. The number of carbonyl (C=O) groups excluding carboxylic acids is 1. The largest absolute Gasteiger partial charge is 0.389 e. The molecule has 1 atom stereocenters. The average molecular weight is 323 g/mol. The molecule has 1 aromatic heterocycles. The SMILES string of the molecule is CC(C)(O)C1CCCN1CC(=O)Nc1nc2c(s1)CCCC2. The topological polar surface area (TPSA) is 65.5 Å². The van der Waals surface area contributed by atoms with Crippen LogP contribution in [0.15, 0.2) is 0 Å². The highest BCUT2D eigenvalue weighted by molar-refractivity contribution is 7.15. The first kappa shape index (κ1) is 15.9. The molecule has 1 unspecified atom stereocenters. The summed E-state index contributed by atoms with van der Waals surface area (Å²) in [6, 6.07) is 0.0581. The van der Waals surface area contributed by atoms with Gasteiger partial charge in [0.05, 0.1) is 17.8 Å². The minimum atomic E-state index is -0.767. The Morgan fingerprint density at radius 3 is 2.91 bits per heavy atom. The van der Waals surface area contributed by atoms with Gasteiger partial charge in [-0.2, -0.15) is 0 Å². The fourth-order valence-corrected chi connectivity index (χ4v) is 4.63. The second-order valence-electron chi connectivity index (χ2n) is 6.93. The van der Waals surface area contributed by atoms with Crippen molar-refractivity contribution >= 4 is 22.4 Å². The number of aromatic nitrogens is 1. The molecule has 0 aromatic carbocycles. The average Bonchev–Trinajstić information content (AvgIpc) is 3.03. The summed E-state index contributed by atoms with van der Waals surface area (Å²) < 4.78 is 0. The molecule has 2 heterocycles. The van der Waals surface area contributed by atoms with Gasteiger partial charge in [0.1, 0.15) is 0 Å². The van der Waals surface area contributed by atoms with E-state index in [2.05, 4.69) is 15.2 Å². The van der Waals surface area contributed by atoms with Crippen LogP contribution >= 0.6 is 11.3 Å². The van der Waals surface area contributed by atoms with E-state index in [4.69, 9.17) is 0 Å². The van der Waals surface area contributed by atoms with Crippen LogP contribution in [0.25, 0.3) is 0 Å². The van der Waals surface area contributed by atoms with Gasteiger partial charge in [-0.1, -0.05) is 0 Å². The van der Waals surface area contributed by atoms with Crippen molar-refractivity contribution in [2.24, 2.45) is 0 Å². The predicted molar refractivity (Wildman–Crippen MR) is 88.3 cm³/mol. The van der Waals surface area contributed by atoms with Crippen molar-refractivity contribution in [3.63, 3.8) is 0 Å². The molecular formula is C16H25N3O2S. The fourth-order valence-electron chi connectivity index (χ4n) is 3.56. The molecule has 2 N–H and O–H groups in total. The van der Waals surface area contributed by atoms with Crippen molar-refractivity contribution < 1.29 is 9.90 Å². The summed E-state index contributed by atoms with van der Waals surface area (Å²) in [7, 11) is 0. The van der Waals surface area contributed by atoms with Crippen molar-refractivity contribution in [3.05, 3.63) is 10.6 Å². The molecule has 0 saturated carbocycles. The minimum Gasteiger partial charge on any atom is -0.389 e. The maximum Gasteiger partial charge on any atom is 0.240 e. The van der Waals surface area contributed by atoms with Crippen LogP contribution < -0.4 is 5.32 Å². The quantitative estimate of drug-likeness (QED) is 0.891. The van der Waals surface area contributed by atoms with Gasteiger partial charge in [0, 0.05) is 10.9 Å². The van der Waals surface area contributed by atoms with Gasteiger partial charge < -0.3 is 10.4 Å².